The molecule has 0 radical (unpaired) electrons. The molecule has 2 aromatic rings. The Morgan fingerprint density at radius 2 is 1.86 bits per heavy atom. The number of thioether (sulfide) groups is 1. The summed E-state index contributed by atoms with van der Waals surface area (Å²) in [7, 11) is 0. The number of nitrogens with one attached hydrogen (secondary N) is 1. The van der Waals surface area contributed by atoms with Crippen LogP contribution in [0.1, 0.15) is 59.3 Å². The summed E-state index contributed by atoms with van der Waals surface area (Å²) in [4.78, 5) is 15.9. The number of esters is 1. The van der Waals surface area contributed by atoms with E-state index in [9.17, 15) is 9.18 Å². The van der Waals surface area contributed by atoms with Crippen LogP contribution in [0, 0.1) is 0 Å². The Morgan fingerprint density at radius 3 is 2.47 bits per heavy atom. The van der Waals surface area contributed by atoms with E-state index in [2.05, 4.69) is 53.8 Å². The molecule has 0 spiro atoms. The molecule has 1 N–H and O–H groups in total. The van der Waals surface area contributed by atoms with Crippen LogP contribution in [0.4, 0.5) is 15.8 Å². The number of hydrogen-bond acceptors (Lipinski definition) is 7. The summed E-state index contributed by atoms with van der Waals surface area (Å²) in [5, 5.41) is 0. The van der Waals surface area contributed by atoms with Gasteiger partial charge in [-0.1, -0.05) is 57.7 Å². The normalized spacial score (nSPS) is 15.2. The first-order chi connectivity index (χ1) is 17.5. The summed E-state index contributed by atoms with van der Waals surface area (Å²) >= 11 is 3.13. The van der Waals surface area contributed by atoms with Crippen LogP contribution >= 0.6 is 23.7 Å². The Morgan fingerprint density at radius 1 is 1.17 bits per heavy atom. The fraction of sp³-hybridized carbons (Fsp3) is 0.464. The zero-order chi connectivity index (χ0) is 26.0. The van der Waals surface area contributed by atoms with Crippen LogP contribution in [0.15, 0.2) is 64.3 Å². The smallest absolute Gasteiger partial charge is 0.370 e. The average Bonchev–Trinajstić information content (AvgIpc) is 3.06. The van der Waals surface area contributed by atoms with E-state index in [-0.39, 0.29) is 12.1 Å². The van der Waals surface area contributed by atoms with Crippen molar-refractivity contribution < 1.29 is 18.7 Å². The second-order valence-corrected chi connectivity index (χ2v) is 10.6. The van der Waals surface area contributed by atoms with Gasteiger partial charge >= 0.3 is 5.97 Å². The summed E-state index contributed by atoms with van der Waals surface area (Å²) in [6.07, 6.45) is 9.55. The summed E-state index contributed by atoms with van der Waals surface area (Å²) in [5.41, 5.74) is 2.16. The van der Waals surface area contributed by atoms with Gasteiger partial charge in [0.25, 0.3) is 0 Å². The van der Waals surface area contributed by atoms with E-state index < -0.39 is 11.8 Å². The molecular formula is C28H37FN2O3S2. The van der Waals surface area contributed by atoms with Gasteiger partial charge in [-0.2, -0.15) is 4.39 Å². The second kappa shape index (κ2) is 14.0. The standard InChI is InChI=1S/C28H37FN2O3S2/c1-5-8-15-28(16-9-6-2)20-31(21-13-11-10-12-14-21)23-17-26(35-4)24(18-25(23)36-30-28)34-19-22(29)27(32)33-7-3/h10-14,17-19,30H,5-9,15-16,20H2,1-4H3/b22-19-. The quantitative estimate of drug-likeness (QED) is 0.0976. The molecule has 1 aliphatic rings. The zero-order valence-electron chi connectivity index (χ0n) is 21.6. The highest BCUT2D eigenvalue weighted by Gasteiger charge is 2.36. The maximum atomic E-state index is 14.2. The minimum Gasteiger partial charge on any atom is -0.461 e. The van der Waals surface area contributed by atoms with Crippen LogP contribution in [-0.4, -0.2) is 30.9 Å². The van der Waals surface area contributed by atoms with Crippen LogP contribution in [0.25, 0.3) is 0 Å². The van der Waals surface area contributed by atoms with Crippen LogP contribution in [0.5, 0.6) is 5.75 Å². The molecule has 2 aromatic carbocycles. The first-order valence-electron chi connectivity index (χ1n) is 12.6. The van der Waals surface area contributed by atoms with Crippen LogP contribution < -0.4 is 14.4 Å². The van der Waals surface area contributed by atoms with E-state index in [0.717, 1.165) is 72.5 Å². The van der Waals surface area contributed by atoms with E-state index in [1.807, 2.05) is 18.4 Å². The lowest BCUT2D eigenvalue weighted by atomic mass is 9.87. The van der Waals surface area contributed by atoms with Crippen molar-refractivity contribution in [3.05, 3.63) is 54.6 Å². The molecule has 1 aliphatic heterocycles. The molecular weight excluding hydrogens is 495 g/mol. The van der Waals surface area contributed by atoms with Gasteiger partial charge in [-0.05, 0) is 62.2 Å². The number of nitrogens with zero attached hydrogens (tertiary/aromatic N) is 1. The number of ether oxygens (including phenoxy) is 2. The lowest BCUT2D eigenvalue weighted by Crippen LogP contribution is -2.49. The van der Waals surface area contributed by atoms with Crippen molar-refractivity contribution in [2.45, 2.75) is 74.6 Å². The summed E-state index contributed by atoms with van der Waals surface area (Å²) in [6.45, 7) is 7.05. The number of anilines is 2. The number of rotatable bonds is 12. The zero-order valence-corrected chi connectivity index (χ0v) is 23.3. The lowest BCUT2D eigenvalue weighted by Gasteiger charge is -2.38. The first-order valence-corrected chi connectivity index (χ1v) is 14.7. The Bertz CT molecular complexity index is 1020. The van der Waals surface area contributed by atoms with E-state index in [1.54, 1.807) is 18.9 Å². The molecule has 36 heavy (non-hydrogen) atoms. The monoisotopic (exact) mass is 532 g/mol. The number of benzene rings is 2. The van der Waals surface area contributed by atoms with Crippen molar-refractivity contribution in [3.8, 4) is 5.75 Å². The molecule has 0 aliphatic carbocycles. The van der Waals surface area contributed by atoms with Gasteiger partial charge < -0.3 is 14.4 Å². The van der Waals surface area contributed by atoms with E-state index in [0.29, 0.717) is 5.75 Å². The van der Waals surface area contributed by atoms with Crippen molar-refractivity contribution in [1.29, 1.82) is 0 Å². The second-order valence-electron chi connectivity index (χ2n) is 8.89. The van der Waals surface area contributed by atoms with Crippen molar-refractivity contribution in [2.24, 2.45) is 0 Å². The Hall–Kier alpha value is -2.16. The molecule has 8 heteroatoms. The predicted molar refractivity (Wildman–Crippen MR) is 149 cm³/mol. The molecule has 3 rings (SSSR count). The van der Waals surface area contributed by atoms with Crippen LogP contribution in [-0.2, 0) is 9.53 Å². The van der Waals surface area contributed by atoms with E-state index in [4.69, 9.17) is 9.47 Å². The SMILES string of the molecule is CCCCC1(CCCC)CN(c2ccccc2)c2cc(SC)c(O/C=C(\F)C(=O)OCC)cc2SN1. The minimum absolute atomic E-state index is 0.0536. The summed E-state index contributed by atoms with van der Waals surface area (Å²) in [6, 6.07) is 14.5. The number of halogens is 1. The van der Waals surface area contributed by atoms with Gasteiger partial charge in [0.1, 0.15) is 12.0 Å². The predicted octanol–water partition coefficient (Wildman–Crippen LogP) is 8.03. The van der Waals surface area contributed by atoms with E-state index >= 15 is 0 Å². The Kier molecular flexibility index (Phi) is 11.0. The van der Waals surface area contributed by atoms with Gasteiger partial charge in [-0.25, -0.2) is 4.79 Å². The third-order valence-electron chi connectivity index (χ3n) is 6.22. The lowest BCUT2D eigenvalue weighted by molar-refractivity contribution is -0.140. The van der Waals surface area contributed by atoms with Gasteiger partial charge in [0.05, 0.1) is 22.1 Å². The minimum atomic E-state index is -1.06. The number of para-hydroxylation sites is 1. The van der Waals surface area contributed by atoms with Crippen molar-refractivity contribution in [1.82, 2.24) is 4.72 Å². The van der Waals surface area contributed by atoms with Crippen LogP contribution in [0.3, 0.4) is 0 Å². The van der Waals surface area contributed by atoms with Crippen LogP contribution in [0.2, 0.25) is 0 Å². The van der Waals surface area contributed by atoms with Gasteiger partial charge in [-0.3, -0.25) is 4.72 Å². The summed E-state index contributed by atoms with van der Waals surface area (Å²) in [5.74, 6) is -1.59. The molecule has 196 valence electrons. The van der Waals surface area contributed by atoms with Gasteiger partial charge in [0, 0.05) is 17.8 Å². The Balaban J connectivity index is 2.04. The van der Waals surface area contributed by atoms with E-state index in [1.165, 1.54) is 11.8 Å². The average molecular weight is 533 g/mol. The third-order valence-corrected chi connectivity index (χ3v) is 8.06. The molecule has 0 amide bonds. The van der Waals surface area contributed by atoms with Gasteiger partial charge in [0.15, 0.2) is 0 Å². The number of carbonyl (C=O) groups excluding carboxylic acids is 1. The Labute approximate surface area is 223 Å². The largest absolute Gasteiger partial charge is 0.461 e. The number of carbonyl (C=O) groups is 1. The molecule has 0 saturated carbocycles. The molecule has 0 unspecified atom stereocenters. The van der Waals surface area contributed by atoms with Crippen molar-refractivity contribution in [3.63, 3.8) is 0 Å². The molecule has 0 aromatic heterocycles. The maximum absolute atomic E-state index is 14.2. The first kappa shape index (κ1) is 28.4. The molecule has 1 heterocycles. The third kappa shape index (κ3) is 7.20. The number of unbranched alkanes of at least 4 members (excludes halogenated alkanes) is 2. The highest BCUT2D eigenvalue weighted by molar-refractivity contribution is 7.98. The molecule has 0 atom stereocenters. The molecule has 0 bridgehead atoms. The van der Waals surface area contributed by atoms with Gasteiger partial charge in [0.2, 0.25) is 5.83 Å². The highest BCUT2D eigenvalue weighted by Crippen LogP contribution is 2.46. The fourth-order valence-electron chi connectivity index (χ4n) is 4.28. The highest BCUT2D eigenvalue weighted by atomic mass is 32.2. The topological polar surface area (TPSA) is 50.8 Å². The van der Waals surface area contributed by atoms with Gasteiger partial charge in [-0.15, -0.1) is 11.8 Å². The summed E-state index contributed by atoms with van der Waals surface area (Å²) < 4.78 is 28.4. The maximum Gasteiger partial charge on any atom is 0.370 e. The molecule has 5 nitrogen and oxygen atoms in total. The molecule has 0 fully saturated rings. The van der Waals surface area contributed by atoms with Crippen molar-refractivity contribution in [2.75, 3.05) is 24.3 Å². The number of hydrogen-bond donors (Lipinski definition) is 1. The number of fused-ring (bicyclic) bond motifs is 1. The molecule has 0 saturated heterocycles. The fourth-order valence-corrected chi connectivity index (χ4v) is 5.85. The van der Waals surface area contributed by atoms with Crippen molar-refractivity contribution >= 4 is 41.1 Å².